The molecule has 0 radical (unpaired) electrons. The van der Waals surface area contributed by atoms with Gasteiger partial charge in [-0.2, -0.15) is 0 Å². The van der Waals surface area contributed by atoms with E-state index in [-0.39, 0.29) is 35.5 Å². The van der Waals surface area contributed by atoms with Gasteiger partial charge in [0.1, 0.15) is 0 Å². The number of carbonyl (C=O) groups excluding carboxylic acids is 1. The van der Waals surface area contributed by atoms with Crippen LogP contribution in [-0.4, -0.2) is 42.6 Å². The number of allylic oxidation sites excluding steroid dienone is 3. The Kier molecular flexibility index (Phi) is 4.69. The fourth-order valence-electron chi connectivity index (χ4n) is 0.730. The number of hydrogen-bond donors (Lipinski definition) is 0. The van der Waals surface area contributed by atoms with E-state index in [1.807, 2.05) is 12.2 Å². The normalized spacial score (nSPS) is 13.9. The van der Waals surface area contributed by atoms with Crippen LogP contribution in [0.5, 0.6) is 0 Å². The molecular weight excluding hydrogens is 139 g/mol. The number of methoxy groups -OCH3 is 1. The molecule has 50 valence electrons. The molecular formula is C7H9NaO2. The molecule has 0 aromatic rings. The zero-order valence-corrected chi connectivity index (χ0v) is 5.26. The Hall–Kier alpha value is -0.0500. The zero-order valence-electron chi connectivity index (χ0n) is 5.26. The fraction of sp³-hybridized carbons (Fsp3) is 0.286. The van der Waals surface area contributed by atoms with Gasteiger partial charge in [0, 0.05) is 5.57 Å². The molecule has 0 bridgehead atoms. The van der Waals surface area contributed by atoms with E-state index in [2.05, 4.69) is 4.74 Å². The molecule has 0 aromatic heterocycles. The maximum absolute atomic E-state index is 10.7. The van der Waals surface area contributed by atoms with Crippen LogP contribution in [0.15, 0.2) is 23.8 Å². The number of rotatable bonds is 1. The van der Waals surface area contributed by atoms with E-state index in [4.69, 9.17) is 0 Å². The van der Waals surface area contributed by atoms with Crippen LogP contribution in [0.1, 0.15) is 6.42 Å². The molecule has 1 rings (SSSR count). The van der Waals surface area contributed by atoms with Gasteiger partial charge >= 0.3 is 35.5 Å². The summed E-state index contributed by atoms with van der Waals surface area (Å²) in [5, 5.41) is 0. The third-order valence-corrected chi connectivity index (χ3v) is 1.22. The monoisotopic (exact) mass is 148 g/mol. The van der Waals surface area contributed by atoms with Gasteiger partial charge in [-0.1, -0.05) is 18.2 Å². The third-order valence-electron chi connectivity index (χ3n) is 1.22. The van der Waals surface area contributed by atoms with Crippen LogP contribution in [0.25, 0.3) is 0 Å². The van der Waals surface area contributed by atoms with E-state index >= 15 is 0 Å². The van der Waals surface area contributed by atoms with Crippen molar-refractivity contribution in [2.75, 3.05) is 7.11 Å². The summed E-state index contributed by atoms with van der Waals surface area (Å²) >= 11 is 0. The van der Waals surface area contributed by atoms with E-state index < -0.39 is 0 Å². The summed E-state index contributed by atoms with van der Waals surface area (Å²) in [5.74, 6) is -0.222. The molecule has 0 amide bonds. The van der Waals surface area contributed by atoms with E-state index in [1.165, 1.54) is 7.11 Å². The van der Waals surface area contributed by atoms with Crippen LogP contribution in [0.2, 0.25) is 0 Å². The van der Waals surface area contributed by atoms with Crippen LogP contribution in [0.4, 0.5) is 0 Å². The topological polar surface area (TPSA) is 26.3 Å². The standard InChI is InChI=1S/C7H8O2.Na.H/c1-9-7(8)6-4-2-3-5-6;;/h2-4H,5H2,1H3;;. The molecule has 0 aromatic carbocycles. The fourth-order valence-corrected chi connectivity index (χ4v) is 0.730. The Morgan fingerprint density at radius 1 is 1.70 bits per heavy atom. The molecule has 0 aliphatic heterocycles. The summed E-state index contributed by atoms with van der Waals surface area (Å²) < 4.78 is 4.49. The quantitative estimate of drug-likeness (QED) is 0.397. The van der Waals surface area contributed by atoms with Crippen molar-refractivity contribution in [3.63, 3.8) is 0 Å². The minimum atomic E-state index is -0.222. The average molecular weight is 148 g/mol. The Bertz CT molecular complexity index is 182. The third kappa shape index (κ3) is 2.29. The van der Waals surface area contributed by atoms with Crippen molar-refractivity contribution in [2.24, 2.45) is 0 Å². The first kappa shape index (κ1) is 9.95. The van der Waals surface area contributed by atoms with Crippen molar-refractivity contribution in [1.82, 2.24) is 0 Å². The van der Waals surface area contributed by atoms with E-state index in [1.54, 1.807) is 6.08 Å². The van der Waals surface area contributed by atoms with Crippen molar-refractivity contribution in [2.45, 2.75) is 6.42 Å². The Balaban J connectivity index is 0.000000810. The molecule has 1 aliphatic carbocycles. The van der Waals surface area contributed by atoms with Gasteiger partial charge in [0.25, 0.3) is 0 Å². The summed E-state index contributed by atoms with van der Waals surface area (Å²) in [4.78, 5) is 10.7. The summed E-state index contributed by atoms with van der Waals surface area (Å²) in [6.07, 6.45) is 6.26. The molecule has 0 unspecified atom stereocenters. The van der Waals surface area contributed by atoms with Crippen molar-refractivity contribution < 1.29 is 9.53 Å². The molecule has 1 aliphatic rings. The molecule has 0 atom stereocenters. The number of carbonyl (C=O) groups is 1. The summed E-state index contributed by atoms with van der Waals surface area (Å²) in [7, 11) is 1.39. The molecule has 0 saturated heterocycles. The predicted molar refractivity (Wildman–Crippen MR) is 41.0 cm³/mol. The molecule has 0 spiro atoms. The Labute approximate surface area is 82.2 Å². The second kappa shape index (κ2) is 4.72. The van der Waals surface area contributed by atoms with Crippen LogP contribution in [-0.2, 0) is 9.53 Å². The molecule has 0 fully saturated rings. The summed E-state index contributed by atoms with van der Waals surface area (Å²) in [6.45, 7) is 0. The van der Waals surface area contributed by atoms with Gasteiger partial charge in [-0.25, -0.2) is 4.79 Å². The van der Waals surface area contributed by atoms with Crippen LogP contribution in [0.3, 0.4) is 0 Å². The molecule has 0 heterocycles. The first-order valence-corrected chi connectivity index (χ1v) is 2.78. The number of esters is 1. The first-order valence-electron chi connectivity index (χ1n) is 2.78. The van der Waals surface area contributed by atoms with E-state index in [9.17, 15) is 4.79 Å². The minimum absolute atomic E-state index is 0. The van der Waals surface area contributed by atoms with Gasteiger partial charge in [0.2, 0.25) is 0 Å². The van der Waals surface area contributed by atoms with Gasteiger partial charge in [0.15, 0.2) is 0 Å². The van der Waals surface area contributed by atoms with Crippen molar-refractivity contribution in [3.8, 4) is 0 Å². The second-order valence-electron chi connectivity index (χ2n) is 1.82. The molecule has 2 nitrogen and oxygen atoms in total. The van der Waals surface area contributed by atoms with Crippen molar-refractivity contribution in [3.05, 3.63) is 23.8 Å². The van der Waals surface area contributed by atoms with Crippen LogP contribution >= 0.6 is 0 Å². The predicted octanol–water partition coefficient (Wildman–Crippen LogP) is 0.397. The van der Waals surface area contributed by atoms with E-state index in [0.717, 1.165) is 5.57 Å². The summed E-state index contributed by atoms with van der Waals surface area (Å²) in [6, 6.07) is 0. The van der Waals surface area contributed by atoms with Gasteiger partial charge in [-0.15, -0.1) is 0 Å². The molecule has 0 saturated carbocycles. The van der Waals surface area contributed by atoms with Gasteiger partial charge in [0.05, 0.1) is 7.11 Å². The van der Waals surface area contributed by atoms with Crippen LogP contribution in [0, 0.1) is 0 Å². The average Bonchev–Trinajstić information content (AvgIpc) is 2.37. The van der Waals surface area contributed by atoms with Gasteiger partial charge in [-0.05, 0) is 6.42 Å². The molecule has 3 heteroatoms. The van der Waals surface area contributed by atoms with Crippen LogP contribution < -0.4 is 0 Å². The van der Waals surface area contributed by atoms with E-state index in [0.29, 0.717) is 6.42 Å². The molecule has 0 N–H and O–H groups in total. The van der Waals surface area contributed by atoms with Crippen molar-refractivity contribution >= 4 is 35.5 Å². The Morgan fingerprint density at radius 2 is 2.40 bits per heavy atom. The van der Waals surface area contributed by atoms with Gasteiger partial charge in [-0.3, -0.25) is 0 Å². The first-order chi connectivity index (χ1) is 4.34. The van der Waals surface area contributed by atoms with Crippen molar-refractivity contribution in [1.29, 1.82) is 0 Å². The number of ether oxygens (including phenoxy) is 1. The molecule has 10 heavy (non-hydrogen) atoms. The Morgan fingerprint density at radius 3 is 2.80 bits per heavy atom. The van der Waals surface area contributed by atoms with Gasteiger partial charge < -0.3 is 4.74 Å². The number of hydrogen-bond acceptors (Lipinski definition) is 2. The SMILES string of the molecule is COC(=O)C1=CC=CC1.[NaH]. The second-order valence-corrected chi connectivity index (χ2v) is 1.82. The zero-order chi connectivity index (χ0) is 6.69. The maximum atomic E-state index is 10.7. The summed E-state index contributed by atoms with van der Waals surface area (Å²) in [5.41, 5.74) is 0.734.